The van der Waals surface area contributed by atoms with Gasteiger partial charge in [-0.3, -0.25) is 15.2 Å². The molecule has 0 aromatic heterocycles. The first-order valence-corrected chi connectivity index (χ1v) is 3.14. The number of amides is 1. The van der Waals surface area contributed by atoms with Crippen molar-refractivity contribution in [1.82, 2.24) is 5.23 Å². The van der Waals surface area contributed by atoms with Gasteiger partial charge < -0.3 is 5.11 Å². The Morgan fingerprint density at radius 1 is 1.42 bits per heavy atom. The Labute approximate surface area is 68.2 Å². The number of hydroxylamine groups is 2. The lowest BCUT2D eigenvalue weighted by Gasteiger charge is -2.02. The number of carboxylic acid groups (broad SMARTS) is 1. The fraction of sp³-hybridized carbons (Fsp3) is 0.333. The highest BCUT2D eigenvalue weighted by atomic mass is 16.8. The highest BCUT2D eigenvalue weighted by Gasteiger charge is 2.10. The third-order valence-electron chi connectivity index (χ3n) is 1.15. The summed E-state index contributed by atoms with van der Waals surface area (Å²) >= 11 is 0. The fourth-order valence-corrected chi connectivity index (χ4v) is 0.522. The molecule has 0 heterocycles. The number of hydrogen-bond acceptors (Lipinski definition) is 4. The SMILES string of the molecule is CC/C(=C/C(=O)N(O)O)C(=O)O. The Kier molecular flexibility index (Phi) is 3.95. The van der Waals surface area contributed by atoms with E-state index in [1.807, 2.05) is 0 Å². The number of carboxylic acids is 1. The maximum absolute atomic E-state index is 10.5. The summed E-state index contributed by atoms with van der Waals surface area (Å²) in [5.74, 6) is -2.44. The van der Waals surface area contributed by atoms with Gasteiger partial charge in [0, 0.05) is 11.6 Å². The van der Waals surface area contributed by atoms with E-state index in [9.17, 15) is 9.59 Å². The number of hydrogen-bond donors (Lipinski definition) is 3. The van der Waals surface area contributed by atoms with Crippen molar-refractivity contribution in [1.29, 1.82) is 0 Å². The molecule has 6 nitrogen and oxygen atoms in total. The smallest absolute Gasteiger partial charge is 0.331 e. The third kappa shape index (κ3) is 3.13. The standard InChI is InChI=1S/C6H9NO5/c1-2-4(6(9)10)3-5(8)7(11)12/h3,11-12H,2H2,1H3,(H,9,10)/b4-3-. The highest BCUT2D eigenvalue weighted by molar-refractivity contribution is 5.96. The van der Waals surface area contributed by atoms with Crippen LogP contribution in [0.2, 0.25) is 0 Å². The molecule has 68 valence electrons. The molecule has 0 atom stereocenters. The van der Waals surface area contributed by atoms with Crippen LogP contribution in [-0.4, -0.2) is 32.6 Å². The molecular weight excluding hydrogens is 166 g/mol. The van der Waals surface area contributed by atoms with Crippen molar-refractivity contribution in [3.8, 4) is 0 Å². The second kappa shape index (κ2) is 4.47. The van der Waals surface area contributed by atoms with E-state index in [-0.39, 0.29) is 12.0 Å². The Balaban J connectivity index is 4.49. The fourth-order valence-electron chi connectivity index (χ4n) is 0.522. The molecule has 0 aliphatic heterocycles. The maximum Gasteiger partial charge on any atom is 0.331 e. The zero-order valence-corrected chi connectivity index (χ0v) is 6.39. The average molecular weight is 175 g/mol. The lowest BCUT2D eigenvalue weighted by molar-refractivity contribution is -0.280. The van der Waals surface area contributed by atoms with E-state index in [0.29, 0.717) is 6.08 Å². The van der Waals surface area contributed by atoms with E-state index in [0.717, 1.165) is 0 Å². The molecule has 0 aromatic rings. The van der Waals surface area contributed by atoms with Crippen LogP contribution in [0.4, 0.5) is 0 Å². The summed E-state index contributed by atoms with van der Waals surface area (Å²) in [5.41, 5.74) is -0.187. The Bertz CT molecular complexity index is 220. The van der Waals surface area contributed by atoms with E-state index in [4.69, 9.17) is 15.5 Å². The molecule has 0 saturated heterocycles. The van der Waals surface area contributed by atoms with Crippen molar-refractivity contribution < 1.29 is 25.1 Å². The number of aliphatic carboxylic acids is 1. The van der Waals surface area contributed by atoms with Gasteiger partial charge in [-0.05, 0) is 6.42 Å². The summed E-state index contributed by atoms with van der Waals surface area (Å²) in [7, 11) is 0. The van der Waals surface area contributed by atoms with E-state index in [1.54, 1.807) is 0 Å². The highest BCUT2D eigenvalue weighted by Crippen LogP contribution is 2.00. The Morgan fingerprint density at radius 3 is 2.17 bits per heavy atom. The average Bonchev–Trinajstić information content (AvgIpc) is 1.98. The minimum absolute atomic E-state index is 0.134. The van der Waals surface area contributed by atoms with Crippen LogP contribution in [0.1, 0.15) is 13.3 Å². The second-order valence-electron chi connectivity index (χ2n) is 1.96. The minimum Gasteiger partial charge on any atom is -0.478 e. The topological polar surface area (TPSA) is 98.1 Å². The first-order valence-electron chi connectivity index (χ1n) is 3.14. The van der Waals surface area contributed by atoms with Crippen LogP contribution in [0.25, 0.3) is 0 Å². The lowest BCUT2D eigenvalue weighted by Crippen LogP contribution is -2.22. The lowest BCUT2D eigenvalue weighted by atomic mass is 10.2. The van der Waals surface area contributed by atoms with E-state index in [2.05, 4.69) is 0 Å². The van der Waals surface area contributed by atoms with Crippen LogP contribution in [0.5, 0.6) is 0 Å². The quantitative estimate of drug-likeness (QED) is 0.319. The predicted octanol–water partition coefficient (Wildman–Crippen LogP) is 0.0144. The van der Waals surface area contributed by atoms with Gasteiger partial charge in [0.15, 0.2) is 0 Å². The molecular formula is C6H9NO5. The minimum atomic E-state index is -1.26. The van der Waals surface area contributed by atoms with Crippen LogP contribution in [0.3, 0.4) is 0 Å². The van der Waals surface area contributed by atoms with Crippen LogP contribution >= 0.6 is 0 Å². The van der Waals surface area contributed by atoms with Crippen LogP contribution in [-0.2, 0) is 9.59 Å². The van der Waals surface area contributed by atoms with E-state index < -0.39 is 17.1 Å². The molecule has 0 radical (unpaired) electrons. The molecule has 1 amide bonds. The summed E-state index contributed by atoms with van der Waals surface area (Å²) in [6.45, 7) is 1.53. The number of nitrogens with zero attached hydrogens (tertiary/aromatic N) is 1. The Hall–Kier alpha value is -1.40. The molecule has 0 saturated carbocycles. The second-order valence-corrected chi connectivity index (χ2v) is 1.96. The van der Waals surface area contributed by atoms with Crippen LogP contribution in [0, 0.1) is 0 Å². The molecule has 0 rings (SSSR count). The number of carbonyl (C=O) groups is 2. The van der Waals surface area contributed by atoms with Gasteiger partial charge in [0.1, 0.15) is 0 Å². The van der Waals surface area contributed by atoms with Crippen molar-refractivity contribution in [3.05, 3.63) is 11.6 Å². The van der Waals surface area contributed by atoms with Crippen molar-refractivity contribution in [3.63, 3.8) is 0 Å². The first kappa shape index (κ1) is 10.6. The maximum atomic E-state index is 10.5. The first-order chi connectivity index (χ1) is 5.49. The van der Waals surface area contributed by atoms with Gasteiger partial charge in [-0.2, -0.15) is 0 Å². The van der Waals surface area contributed by atoms with Gasteiger partial charge >= 0.3 is 5.97 Å². The van der Waals surface area contributed by atoms with Gasteiger partial charge in [-0.25, -0.2) is 4.79 Å². The number of rotatable bonds is 3. The van der Waals surface area contributed by atoms with Gasteiger partial charge in [0.25, 0.3) is 5.91 Å². The zero-order chi connectivity index (χ0) is 9.72. The van der Waals surface area contributed by atoms with Crippen LogP contribution in [0.15, 0.2) is 11.6 Å². The van der Waals surface area contributed by atoms with Crippen molar-refractivity contribution >= 4 is 11.9 Å². The molecule has 0 fully saturated rings. The summed E-state index contributed by atoms with van der Waals surface area (Å²) in [6.07, 6.45) is 0.775. The van der Waals surface area contributed by atoms with Gasteiger partial charge in [-0.15, -0.1) is 0 Å². The van der Waals surface area contributed by atoms with Crippen molar-refractivity contribution in [2.45, 2.75) is 13.3 Å². The summed E-state index contributed by atoms with van der Waals surface area (Å²) in [4.78, 5) is 20.8. The Morgan fingerprint density at radius 2 is 1.92 bits per heavy atom. The van der Waals surface area contributed by atoms with Gasteiger partial charge in [0.2, 0.25) is 0 Å². The molecule has 6 heteroatoms. The summed E-state index contributed by atoms with van der Waals surface area (Å²) in [6, 6.07) is 0. The van der Waals surface area contributed by atoms with Crippen LogP contribution < -0.4 is 0 Å². The summed E-state index contributed by atoms with van der Waals surface area (Å²) in [5, 5.41) is 24.0. The molecule has 3 N–H and O–H groups in total. The van der Waals surface area contributed by atoms with Crippen molar-refractivity contribution in [2.75, 3.05) is 0 Å². The van der Waals surface area contributed by atoms with E-state index >= 15 is 0 Å². The third-order valence-corrected chi connectivity index (χ3v) is 1.15. The van der Waals surface area contributed by atoms with E-state index in [1.165, 1.54) is 6.92 Å². The van der Waals surface area contributed by atoms with Crippen molar-refractivity contribution in [2.24, 2.45) is 0 Å². The predicted molar refractivity (Wildman–Crippen MR) is 36.4 cm³/mol. The van der Waals surface area contributed by atoms with Gasteiger partial charge in [0.05, 0.1) is 0 Å². The number of carbonyl (C=O) groups excluding carboxylic acids is 1. The summed E-state index contributed by atoms with van der Waals surface area (Å²) < 4.78 is 0. The van der Waals surface area contributed by atoms with Gasteiger partial charge in [-0.1, -0.05) is 12.2 Å². The molecule has 0 aliphatic carbocycles. The monoisotopic (exact) mass is 175 g/mol. The molecule has 0 spiro atoms. The molecule has 12 heavy (non-hydrogen) atoms. The molecule has 0 aromatic carbocycles. The molecule has 0 bridgehead atoms. The normalized spacial score (nSPS) is 11.1. The molecule has 0 unspecified atom stereocenters. The largest absolute Gasteiger partial charge is 0.478 e. The zero-order valence-electron chi connectivity index (χ0n) is 6.39. The molecule has 0 aliphatic rings.